The van der Waals surface area contributed by atoms with Gasteiger partial charge in [0.2, 0.25) is 0 Å². The minimum Gasteiger partial charge on any atom is -0.380 e. The molecule has 0 bridgehead atoms. The maximum Gasteiger partial charge on any atom is 0.0588 e. The number of hydrogen-bond acceptors (Lipinski definition) is 2. The average molecular weight is 157 g/mol. The summed E-state index contributed by atoms with van der Waals surface area (Å²) in [4.78, 5) is 0. The van der Waals surface area contributed by atoms with Crippen molar-refractivity contribution in [1.29, 1.82) is 0 Å². The molecule has 0 aliphatic heterocycles. The van der Waals surface area contributed by atoms with Crippen molar-refractivity contribution in [3.05, 3.63) is 12.7 Å². The van der Waals surface area contributed by atoms with Crippen LogP contribution in [0.4, 0.5) is 0 Å². The Morgan fingerprint density at radius 2 is 2.00 bits per heavy atom. The van der Waals surface area contributed by atoms with Crippen LogP contribution < -0.4 is 5.73 Å². The van der Waals surface area contributed by atoms with E-state index in [1.807, 2.05) is 6.08 Å². The Morgan fingerprint density at radius 3 is 2.64 bits per heavy atom. The van der Waals surface area contributed by atoms with E-state index in [2.05, 4.69) is 6.58 Å². The van der Waals surface area contributed by atoms with Crippen molar-refractivity contribution in [3.8, 4) is 0 Å². The molecule has 0 aliphatic carbocycles. The van der Waals surface area contributed by atoms with Crippen LogP contribution >= 0.6 is 0 Å². The van der Waals surface area contributed by atoms with Crippen LogP contribution in [0.5, 0.6) is 0 Å². The van der Waals surface area contributed by atoms with E-state index in [9.17, 15) is 0 Å². The molecule has 0 radical (unpaired) electrons. The van der Waals surface area contributed by atoms with Gasteiger partial charge in [0, 0.05) is 13.2 Å². The summed E-state index contributed by atoms with van der Waals surface area (Å²) in [5, 5.41) is 0. The lowest BCUT2D eigenvalue weighted by molar-refractivity contribution is 0.137. The highest BCUT2D eigenvalue weighted by Crippen LogP contribution is 1.99. The van der Waals surface area contributed by atoms with Crippen LogP contribution in [-0.2, 0) is 4.74 Å². The molecule has 0 amide bonds. The Bertz CT molecular complexity index is 83.6. The predicted molar refractivity (Wildman–Crippen MR) is 48.5 cm³/mol. The Morgan fingerprint density at radius 1 is 1.18 bits per heavy atom. The zero-order valence-corrected chi connectivity index (χ0v) is 7.22. The van der Waals surface area contributed by atoms with Crippen molar-refractivity contribution in [2.75, 3.05) is 19.8 Å². The second kappa shape index (κ2) is 9.66. The summed E-state index contributed by atoms with van der Waals surface area (Å²) in [5.41, 5.74) is 5.25. The third kappa shape index (κ3) is 9.66. The van der Waals surface area contributed by atoms with E-state index in [0.29, 0.717) is 13.2 Å². The SMILES string of the molecule is C=CCCCCCOCCN. The summed E-state index contributed by atoms with van der Waals surface area (Å²) in [6.45, 7) is 5.84. The summed E-state index contributed by atoms with van der Waals surface area (Å²) in [5.74, 6) is 0. The van der Waals surface area contributed by atoms with Crippen molar-refractivity contribution >= 4 is 0 Å². The molecule has 0 rings (SSSR count). The molecule has 11 heavy (non-hydrogen) atoms. The molecule has 0 spiro atoms. The predicted octanol–water partition coefficient (Wildman–Crippen LogP) is 1.71. The van der Waals surface area contributed by atoms with Crippen molar-refractivity contribution < 1.29 is 4.74 Å². The van der Waals surface area contributed by atoms with E-state index < -0.39 is 0 Å². The summed E-state index contributed by atoms with van der Waals surface area (Å²) in [6, 6.07) is 0. The Hall–Kier alpha value is -0.340. The molecule has 0 aromatic carbocycles. The molecule has 66 valence electrons. The number of nitrogens with two attached hydrogens (primary N) is 1. The average Bonchev–Trinajstić information content (AvgIpc) is 2.03. The highest BCUT2D eigenvalue weighted by atomic mass is 16.5. The number of hydrogen-bond donors (Lipinski definition) is 1. The summed E-state index contributed by atoms with van der Waals surface area (Å²) in [7, 11) is 0. The minimum atomic E-state index is 0.632. The fourth-order valence-electron chi connectivity index (χ4n) is 0.855. The lowest BCUT2D eigenvalue weighted by Gasteiger charge is -2.00. The van der Waals surface area contributed by atoms with Gasteiger partial charge in [-0.2, -0.15) is 0 Å². The summed E-state index contributed by atoms with van der Waals surface area (Å²) >= 11 is 0. The monoisotopic (exact) mass is 157 g/mol. The van der Waals surface area contributed by atoms with Crippen LogP contribution in [0.3, 0.4) is 0 Å². The highest BCUT2D eigenvalue weighted by molar-refractivity contribution is 4.65. The van der Waals surface area contributed by atoms with E-state index in [4.69, 9.17) is 10.5 Å². The molecule has 0 saturated carbocycles. The second-order valence-electron chi connectivity index (χ2n) is 2.54. The first-order valence-corrected chi connectivity index (χ1v) is 4.30. The van der Waals surface area contributed by atoms with Gasteiger partial charge in [0.1, 0.15) is 0 Å². The van der Waals surface area contributed by atoms with Gasteiger partial charge < -0.3 is 10.5 Å². The van der Waals surface area contributed by atoms with Gasteiger partial charge in [-0.15, -0.1) is 6.58 Å². The number of rotatable bonds is 8. The van der Waals surface area contributed by atoms with Crippen molar-refractivity contribution in [3.63, 3.8) is 0 Å². The number of unbranched alkanes of at least 4 members (excludes halogenated alkanes) is 3. The molecule has 0 aromatic heterocycles. The largest absolute Gasteiger partial charge is 0.380 e. The molecule has 2 N–H and O–H groups in total. The van der Waals surface area contributed by atoms with Crippen LogP contribution in [0.25, 0.3) is 0 Å². The number of allylic oxidation sites excluding steroid dienone is 1. The van der Waals surface area contributed by atoms with E-state index in [1.165, 1.54) is 12.8 Å². The summed E-state index contributed by atoms with van der Waals surface area (Å²) < 4.78 is 5.21. The lowest BCUT2D eigenvalue weighted by Crippen LogP contribution is -2.08. The topological polar surface area (TPSA) is 35.2 Å². The molecule has 2 nitrogen and oxygen atoms in total. The molecule has 0 saturated heterocycles. The quantitative estimate of drug-likeness (QED) is 0.430. The van der Waals surface area contributed by atoms with Crippen molar-refractivity contribution in [2.24, 2.45) is 5.73 Å². The summed E-state index contributed by atoms with van der Waals surface area (Å²) in [6.07, 6.45) is 6.69. The van der Waals surface area contributed by atoms with Crippen LogP contribution in [0.1, 0.15) is 25.7 Å². The zero-order chi connectivity index (χ0) is 8.36. The Balaban J connectivity index is 2.74. The minimum absolute atomic E-state index is 0.632. The van der Waals surface area contributed by atoms with Crippen LogP contribution in [0, 0.1) is 0 Å². The van der Waals surface area contributed by atoms with E-state index >= 15 is 0 Å². The standard InChI is InChI=1S/C9H19NO/c1-2-3-4-5-6-8-11-9-7-10/h2H,1,3-10H2. The molecule has 0 heterocycles. The molecular formula is C9H19NO. The third-order valence-electron chi connectivity index (χ3n) is 1.46. The van der Waals surface area contributed by atoms with Gasteiger partial charge in [-0.1, -0.05) is 12.5 Å². The fraction of sp³-hybridized carbons (Fsp3) is 0.778. The third-order valence-corrected chi connectivity index (χ3v) is 1.46. The highest BCUT2D eigenvalue weighted by Gasteiger charge is 1.87. The van der Waals surface area contributed by atoms with Gasteiger partial charge in [-0.05, 0) is 19.3 Å². The van der Waals surface area contributed by atoms with Gasteiger partial charge in [-0.25, -0.2) is 0 Å². The second-order valence-corrected chi connectivity index (χ2v) is 2.54. The van der Waals surface area contributed by atoms with Crippen LogP contribution in [0.15, 0.2) is 12.7 Å². The maximum atomic E-state index is 5.25. The van der Waals surface area contributed by atoms with Crippen molar-refractivity contribution in [2.45, 2.75) is 25.7 Å². The van der Waals surface area contributed by atoms with Crippen molar-refractivity contribution in [1.82, 2.24) is 0 Å². The first-order valence-electron chi connectivity index (χ1n) is 4.30. The lowest BCUT2D eigenvalue weighted by atomic mass is 10.2. The van der Waals surface area contributed by atoms with Crippen LogP contribution in [-0.4, -0.2) is 19.8 Å². The Labute approximate surface area is 69.4 Å². The molecule has 0 unspecified atom stereocenters. The zero-order valence-electron chi connectivity index (χ0n) is 7.22. The first kappa shape index (κ1) is 10.7. The normalized spacial score (nSPS) is 9.91. The molecule has 0 aliphatic rings. The van der Waals surface area contributed by atoms with E-state index in [0.717, 1.165) is 19.4 Å². The first-order chi connectivity index (χ1) is 5.41. The van der Waals surface area contributed by atoms with Gasteiger partial charge in [0.25, 0.3) is 0 Å². The van der Waals surface area contributed by atoms with Gasteiger partial charge in [-0.3, -0.25) is 0 Å². The molecular weight excluding hydrogens is 138 g/mol. The molecule has 0 aromatic rings. The van der Waals surface area contributed by atoms with Gasteiger partial charge >= 0.3 is 0 Å². The Kier molecular flexibility index (Phi) is 9.36. The molecule has 0 fully saturated rings. The smallest absolute Gasteiger partial charge is 0.0588 e. The van der Waals surface area contributed by atoms with Gasteiger partial charge in [0.05, 0.1) is 6.61 Å². The van der Waals surface area contributed by atoms with Gasteiger partial charge in [0.15, 0.2) is 0 Å². The number of ether oxygens (including phenoxy) is 1. The molecule has 2 heteroatoms. The van der Waals surface area contributed by atoms with Crippen LogP contribution in [0.2, 0.25) is 0 Å². The van der Waals surface area contributed by atoms with E-state index in [1.54, 1.807) is 0 Å². The maximum absolute atomic E-state index is 5.25. The fourth-order valence-corrected chi connectivity index (χ4v) is 0.855. The molecule has 0 atom stereocenters. The van der Waals surface area contributed by atoms with E-state index in [-0.39, 0.29) is 0 Å².